The number of amides is 2. The molecule has 0 aliphatic carbocycles. The fourth-order valence-electron chi connectivity index (χ4n) is 1.98. The predicted molar refractivity (Wildman–Crippen MR) is 84.2 cm³/mol. The number of hydrogen-bond donors (Lipinski definition) is 3. The Kier molecular flexibility index (Phi) is 5.49. The zero-order chi connectivity index (χ0) is 15.9. The Labute approximate surface area is 129 Å². The van der Waals surface area contributed by atoms with Crippen LogP contribution in [0.4, 0.5) is 14.9 Å². The molecule has 4 nitrogen and oxygen atoms in total. The highest BCUT2D eigenvalue weighted by Gasteiger charge is 2.04. The first-order valence-corrected chi connectivity index (χ1v) is 7.08. The van der Waals surface area contributed by atoms with Gasteiger partial charge in [0, 0.05) is 12.2 Å². The van der Waals surface area contributed by atoms with E-state index in [-0.39, 0.29) is 18.5 Å². The molecule has 2 amide bonds. The Balaban J connectivity index is 1.78. The molecule has 2 rings (SSSR count). The summed E-state index contributed by atoms with van der Waals surface area (Å²) in [5, 5.41) is 14.3. The molecule has 22 heavy (non-hydrogen) atoms. The number of urea groups is 1. The van der Waals surface area contributed by atoms with Gasteiger partial charge in [0.1, 0.15) is 5.82 Å². The van der Waals surface area contributed by atoms with Gasteiger partial charge in [-0.05, 0) is 42.2 Å². The van der Waals surface area contributed by atoms with Gasteiger partial charge in [0.2, 0.25) is 0 Å². The van der Waals surface area contributed by atoms with E-state index in [9.17, 15) is 9.18 Å². The molecule has 0 unspecified atom stereocenters. The summed E-state index contributed by atoms with van der Waals surface area (Å²) in [5.74, 6) is -0.346. The number of halogens is 1. The smallest absolute Gasteiger partial charge is 0.319 e. The molecule has 0 bridgehead atoms. The summed E-state index contributed by atoms with van der Waals surface area (Å²) in [5.41, 5.74) is 2.89. The molecule has 0 fully saturated rings. The number of anilines is 1. The van der Waals surface area contributed by atoms with E-state index in [0.717, 1.165) is 11.1 Å². The van der Waals surface area contributed by atoms with Crippen molar-refractivity contribution in [2.45, 2.75) is 20.0 Å². The second-order valence-corrected chi connectivity index (χ2v) is 5.07. The van der Waals surface area contributed by atoms with Gasteiger partial charge in [-0.15, -0.1) is 0 Å². The minimum Gasteiger partial charge on any atom is -0.392 e. The normalized spacial score (nSPS) is 10.3. The Morgan fingerprint density at radius 1 is 1.14 bits per heavy atom. The number of nitrogens with one attached hydrogen (secondary N) is 2. The summed E-state index contributed by atoms with van der Waals surface area (Å²) in [7, 11) is 0. The quantitative estimate of drug-likeness (QED) is 0.795. The van der Waals surface area contributed by atoms with E-state index in [4.69, 9.17) is 5.11 Å². The van der Waals surface area contributed by atoms with Gasteiger partial charge in [-0.1, -0.05) is 30.3 Å². The maximum absolute atomic E-state index is 13.4. The summed E-state index contributed by atoms with van der Waals surface area (Å²) in [6.45, 7) is 2.16. The zero-order valence-electron chi connectivity index (χ0n) is 12.4. The molecule has 0 spiro atoms. The number of aryl methyl sites for hydroxylation is 1. The van der Waals surface area contributed by atoms with Gasteiger partial charge >= 0.3 is 6.03 Å². The lowest BCUT2D eigenvalue weighted by molar-refractivity contribution is 0.252. The van der Waals surface area contributed by atoms with Crippen molar-refractivity contribution in [3.05, 3.63) is 65.0 Å². The van der Waals surface area contributed by atoms with Crippen LogP contribution in [0.25, 0.3) is 0 Å². The molecule has 0 heterocycles. The van der Waals surface area contributed by atoms with Crippen molar-refractivity contribution >= 4 is 11.7 Å². The summed E-state index contributed by atoms with van der Waals surface area (Å²) >= 11 is 0. The summed E-state index contributed by atoms with van der Waals surface area (Å²) < 4.78 is 13.4. The van der Waals surface area contributed by atoms with Crippen LogP contribution < -0.4 is 10.6 Å². The van der Waals surface area contributed by atoms with Gasteiger partial charge in [-0.3, -0.25) is 0 Å². The molecule has 0 radical (unpaired) electrons. The minimum absolute atomic E-state index is 0.0219. The number of hydrogen-bond acceptors (Lipinski definition) is 2. The molecule has 2 aromatic rings. The minimum atomic E-state index is -0.366. The lowest BCUT2D eigenvalue weighted by atomic mass is 10.1. The predicted octanol–water partition coefficient (Wildman–Crippen LogP) is 2.99. The number of carbonyl (C=O) groups excluding carboxylic acids is 1. The molecule has 0 saturated carbocycles. The third-order valence-electron chi connectivity index (χ3n) is 3.33. The van der Waals surface area contributed by atoms with Crippen molar-refractivity contribution in [1.29, 1.82) is 0 Å². The Bertz CT molecular complexity index is 642. The van der Waals surface area contributed by atoms with Gasteiger partial charge in [-0.25, -0.2) is 9.18 Å². The van der Waals surface area contributed by atoms with Gasteiger partial charge in [0.25, 0.3) is 0 Å². The van der Waals surface area contributed by atoms with E-state index in [1.165, 1.54) is 6.07 Å². The molecule has 0 aromatic heterocycles. The van der Waals surface area contributed by atoms with Gasteiger partial charge < -0.3 is 15.7 Å². The highest BCUT2D eigenvalue weighted by Crippen LogP contribution is 2.13. The van der Waals surface area contributed by atoms with E-state index < -0.39 is 0 Å². The average molecular weight is 302 g/mol. The average Bonchev–Trinajstić information content (AvgIpc) is 2.51. The molecule has 5 heteroatoms. The number of rotatable bonds is 5. The number of benzene rings is 2. The topological polar surface area (TPSA) is 61.4 Å². The van der Waals surface area contributed by atoms with E-state index in [1.807, 2.05) is 24.3 Å². The molecule has 0 atom stereocenters. The lowest BCUT2D eigenvalue weighted by Crippen LogP contribution is -2.30. The third-order valence-corrected chi connectivity index (χ3v) is 3.33. The van der Waals surface area contributed by atoms with Crippen molar-refractivity contribution < 1.29 is 14.3 Å². The van der Waals surface area contributed by atoms with E-state index >= 15 is 0 Å². The van der Waals surface area contributed by atoms with Gasteiger partial charge in [0.15, 0.2) is 0 Å². The first-order valence-electron chi connectivity index (χ1n) is 7.08. The summed E-state index contributed by atoms with van der Waals surface area (Å²) in [6.07, 6.45) is 0.682. The van der Waals surface area contributed by atoms with Crippen LogP contribution in [0.1, 0.15) is 16.7 Å². The van der Waals surface area contributed by atoms with Gasteiger partial charge in [-0.2, -0.15) is 0 Å². The fourth-order valence-corrected chi connectivity index (χ4v) is 1.98. The molecular weight excluding hydrogens is 283 g/mol. The van der Waals surface area contributed by atoms with Crippen LogP contribution in [0.5, 0.6) is 0 Å². The highest BCUT2D eigenvalue weighted by molar-refractivity contribution is 5.89. The largest absolute Gasteiger partial charge is 0.392 e. The number of aliphatic hydroxyl groups is 1. The second-order valence-electron chi connectivity index (χ2n) is 5.07. The molecule has 2 aromatic carbocycles. The van der Waals surface area contributed by atoms with Crippen molar-refractivity contribution in [3.8, 4) is 0 Å². The van der Waals surface area contributed by atoms with Crippen LogP contribution in [-0.2, 0) is 13.0 Å². The van der Waals surface area contributed by atoms with Crippen LogP contribution in [0.3, 0.4) is 0 Å². The Hall–Kier alpha value is -2.40. The van der Waals surface area contributed by atoms with Crippen LogP contribution in [0, 0.1) is 12.7 Å². The zero-order valence-corrected chi connectivity index (χ0v) is 12.4. The molecule has 3 N–H and O–H groups in total. The maximum atomic E-state index is 13.4. The first-order chi connectivity index (χ1) is 10.6. The third kappa shape index (κ3) is 4.56. The monoisotopic (exact) mass is 302 g/mol. The standard InChI is InChI=1S/C17H19FN2O2/c1-12-2-7-15(10-16(12)18)20-17(22)19-9-8-13-3-5-14(11-21)6-4-13/h2-7,10,21H,8-9,11H2,1H3,(H2,19,20,22). The van der Waals surface area contributed by atoms with Crippen molar-refractivity contribution in [2.24, 2.45) is 0 Å². The molecule has 0 aliphatic rings. The second kappa shape index (κ2) is 7.56. The Morgan fingerprint density at radius 2 is 1.82 bits per heavy atom. The highest BCUT2D eigenvalue weighted by atomic mass is 19.1. The van der Waals surface area contributed by atoms with E-state index in [2.05, 4.69) is 10.6 Å². The van der Waals surface area contributed by atoms with Crippen molar-refractivity contribution in [3.63, 3.8) is 0 Å². The number of aliphatic hydroxyl groups excluding tert-OH is 1. The van der Waals surface area contributed by atoms with E-state index in [0.29, 0.717) is 24.2 Å². The molecule has 116 valence electrons. The summed E-state index contributed by atoms with van der Waals surface area (Å²) in [4.78, 5) is 11.7. The van der Waals surface area contributed by atoms with Crippen LogP contribution in [-0.4, -0.2) is 17.7 Å². The van der Waals surface area contributed by atoms with Crippen molar-refractivity contribution in [2.75, 3.05) is 11.9 Å². The maximum Gasteiger partial charge on any atom is 0.319 e. The SMILES string of the molecule is Cc1ccc(NC(=O)NCCc2ccc(CO)cc2)cc1F. The Morgan fingerprint density at radius 3 is 2.45 bits per heavy atom. The lowest BCUT2D eigenvalue weighted by Gasteiger charge is -2.08. The molecular formula is C17H19FN2O2. The van der Waals surface area contributed by atoms with E-state index in [1.54, 1.807) is 19.1 Å². The van der Waals surface area contributed by atoms with Crippen LogP contribution in [0.2, 0.25) is 0 Å². The van der Waals surface area contributed by atoms with Crippen LogP contribution >= 0.6 is 0 Å². The summed E-state index contributed by atoms with van der Waals surface area (Å²) in [6, 6.07) is 11.7. The van der Waals surface area contributed by atoms with Gasteiger partial charge in [0.05, 0.1) is 6.61 Å². The van der Waals surface area contributed by atoms with Crippen LogP contribution in [0.15, 0.2) is 42.5 Å². The van der Waals surface area contributed by atoms with Crippen molar-refractivity contribution in [1.82, 2.24) is 5.32 Å². The molecule has 0 saturated heterocycles. The molecule has 0 aliphatic heterocycles. The first kappa shape index (κ1) is 16.0. The fraction of sp³-hybridized carbons (Fsp3) is 0.235. The number of carbonyl (C=O) groups is 1.